The van der Waals surface area contributed by atoms with Gasteiger partial charge in [-0.1, -0.05) is 32.0 Å². The molecule has 1 aliphatic heterocycles. The average Bonchev–Trinajstić information content (AvgIpc) is 2.88. The second-order valence-electron chi connectivity index (χ2n) is 9.20. The van der Waals surface area contributed by atoms with Gasteiger partial charge in [-0.15, -0.1) is 0 Å². The number of esters is 1. The predicted molar refractivity (Wildman–Crippen MR) is 138 cm³/mol. The van der Waals surface area contributed by atoms with Crippen LogP contribution in [0.15, 0.2) is 53.6 Å². The van der Waals surface area contributed by atoms with Gasteiger partial charge in [0.25, 0.3) is 0 Å². The summed E-state index contributed by atoms with van der Waals surface area (Å²) in [6.45, 7) is 6.88. The van der Waals surface area contributed by atoms with Crippen LogP contribution in [-0.2, 0) is 14.3 Å². The summed E-state index contributed by atoms with van der Waals surface area (Å²) < 4.78 is 16.3. The summed E-state index contributed by atoms with van der Waals surface area (Å²) in [6.07, 6.45) is 6.35. The molecule has 2 aliphatic rings. The van der Waals surface area contributed by atoms with Gasteiger partial charge >= 0.3 is 5.97 Å². The van der Waals surface area contributed by atoms with E-state index in [0.29, 0.717) is 11.5 Å². The minimum absolute atomic E-state index is 0.0859. The lowest BCUT2D eigenvalue weighted by atomic mass is 9.87. The number of carbonyl (C=O) groups excluding carboxylic acids is 2. The Bertz CT molecular complexity index is 1120. The molecule has 184 valence electrons. The molecule has 2 aromatic carbocycles. The zero-order chi connectivity index (χ0) is 24.8. The van der Waals surface area contributed by atoms with Crippen LogP contribution in [0.2, 0.25) is 0 Å². The van der Waals surface area contributed by atoms with E-state index >= 15 is 0 Å². The first-order valence-corrected chi connectivity index (χ1v) is 12.2. The van der Waals surface area contributed by atoms with Gasteiger partial charge in [0.15, 0.2) is 17.3 Å². The van der Waals surface area contributed by atoms with Crippen LogP contribution >= 0.6 is 0 Å². The Hall–Kier alpha value is -3.38. The molecule has 0 atom stereocenters. The zero-order valence-corrected chi connectivity index (χ0v) is 20.7. The second-order valence-corrected chi connectivity index (χ2v) is 9.20. The molecular weight excluding hydrogens is 442 g/mol. The Kier molecular flexibility index (Phi) is 8.03. The molecule has 0 N–H and O–H groups in total. The number of ketones is 1. The van der Waals surface area contributed by atoms with E-state index in [2.05, 4.69) is 29.2 Å². The zero-order valence-electron chi connectivity index (χ0n) is 20.7. The van der Waals surface area contributed by atoms with Gasteiger partial charge in [0.2, 0.25) is 0 Å². The van der Waals surface area contributed by atoms with Crippen LogP contribution in [0.25, 0.3) is 12.2 Å². The molecule has 1 aliphatic carbocycles. The van der Waals surface area contributed by atoms with Crippen molar-refractivity contribution >= 4 is 29.6 Å². The average molecular weight is 476 g/mol. The molecule has 0 unspecified atom stereocenters. The summed E-state index contributed by atoms with van der Waals surface area (Å²) in [5.74, 6) is 0.381. The number of carbonyl (C=O) groups is 2. The highest BCUT2D eigenvalue weighted by molar-refractivity contribution is 6.14. The molecule has 1 saturated carbocycles. The van der Waals surface area contributed by atoms with Crippen molar-refractivity contribution in [2.45, 2.75) is 33.1 Å². The van der Waals surface area contributed by atoms with E-state index in [4.69, 9.17) is 14.2 Å². The molecule has 1 saturated heterocycles. The van der Waals surface area contributed by atoms with Crippen LogP contribution in [0.1, 0.15) is 44.2 Å². The minimum atomic E-state index is -0.315. The Morgan fingerprint density at radius 2 is 1.57 bits per heavy atom. The smallest absolute Gasteiger partial charge is 0.313 e. The number of ether oxygens (including phenoxy) is 3. The van der Waals surface area contributed by atoms with Crippen molar-refractivity contribution < 1.29 is 23.8 Å². The van der Waals surface area contributed by atoms with Crippen molar-refractivity contribution in [2.75, 3.05) is 38.3 Å². The molecule has 6 nitrogen and oxygen atoms in total. The summed E-state index contributed by atoms with van der Waals surface area (Å²) in [6, 6.07) is 13.7. The Morgan fingerprint density at radius 1 is 0.943 bits per heavy atom. The molecule has 2 fully saturated rings. The number of morpholine rings is 1. The fraction of sp³-hybridized carbons (Fsp3) is 0.379. The fourth-order valence-electron chi connectivity index (χ4n) is 4.27. The quantitative estimate of drug-likeness (QED) is 0.320. The van der Waals surface area contributed by atoms with Crippen LogP contribution in [0.4, 0.5) is 5.69 Å². The van der Waals surface area contributed by atoms with Crippen molar-refractivity contribution in [2.24, 2.45) is 5.92 Å². The molecule has 4 rings (SSSR count). The molecule has 0 aromatic heterocycles. The molecule has 0 amide bonds. The number of anilines is 1. The predicted octanol–water partition coefficient (Wildman–Crippen LogP) is 5.31. The van der Waals surface area contributed by atoms with E-state index in [0.717, 1.165) is 67.8 Å². The number of methoxy groups -OCH3 is 1. The van der Waals surface area contributed by atoms with E-state index in [1.54, 1.807) is 26.0 Å². The number of rotatable bonds is 6. The van der Waals surface area contributed by atoms with Gasteiger partial charge in [0.1, 0.15) is 0 Å². The fourth-order valence-corrected chi connectivity index (χ4v) is 4.27. The van der Waals surface area contributed by atoms with E-state index < -0.39 is 0 Å². The third-order valence-corrected chi connectivity index (χ3v) is 6.30. The lowest BCUT2D eigenvalue weighted by molar-refractivity contribution is -0.137. The van der Waals surface area contributed by atoms with Gasteiger partial charge < -0.3 is 19.1 Å². The maximum Gasteiger partial charge on any atom is 0.313 e. The number of hydrogen-bond donors (Lipinski definition) is 0. The van der Waals surface area contributed by atoms with Gasteiger partial charge in [0.05, 0.1) is 26.2 Å². The molecule has 0 bridgehead atoms. The van der Waals surface area contributed by atoms with Crippen molar-refractivity contribution in [1.82, 2.24) is 0 Å². The summed E-state index contributed by atoms with van der Waals surface area (Å²) in [7, 11) is 1.54. The van der Waals surface area contributed by atoms with Gasteiger partial charge in [-0.25, -0.2) is 0 Å². The summed E-state index contributed by atoms with van der Waals surface area (Å²) >= 11 is 0. The van der Waals surface area contributed by atoms with E-state index in [1.165, 1.54) is 12.8 Å². The molecule has 0 spiro atoms. The maximum absolute atomic E-state index is 13.2. The van der Waals surface area contributed by atoms with Crippen molar-refractivity contribution in [1.29, 1.82) is 0 Å². The first kappa shape index (κ1) is 24.7. The molecule has 6 heteroatoms. The number of benzene rings is 2. The molecule has 0 radical (unpaired) electrons. The SMILES string of the molecule is COc1cc(/C=C2\CCC/C(=C\c3ccc(N4CCOCC4)cc3)C2=O)ccc1OC(=O)C(C)C. The second kappa shape index (κ2) is 11.4. The van der Waals surface area contributed by atoms with Crippen LogP contribution in [-0.4, -0.2) is 45.2 Å². The van der Waals surface area contributed by atoms with E-state index in [1.807, 2.05) is 18.2 Å². The standard InChI is InChI=1S/C29H33NO5/c1-20(2)29(32)35-26-12-9-22(19-27(26)33-3)18-24-6-4-5-23(28(24)31)17-21-7-10-25(11-8-21)30-13-15-34-16-14-30/h7-12,17-20H,4-6,13-16H2,1-3H3/b23-17+,24-18+. The first-order valence-electron chi connectivity index (χ1n) is 12.2. The number of Topliss-reactive ketones (excluding diaryl/α,β-unsaturated/α-hetero) is 1. The Balaban J connectivity index is 1.50. The van der Waals surface area contributed by atoms with Crippen LogP contribution in [0, 0.1) is 5.92 Å². The number of hydrogen-bond acceptors (Lipinski definition) is 6. The van der Waals surface area contributed by atoms with Gasteiger partial charge in [-0.05, 0) is 66.8 Å². The summed E-state index contributed by atoms with van der Waals surface area (Å²) in [5, 5.41) is 0. The Morgan fingerprint density at radius 3 is 2.20 bits per heavy atom. The number of nitrogens with zero attached hydrogens (tertiary/aromatic N) is 1. The Labute approximate surface area is 207 Å². The lowest BCUT2D eigenvalue weighted by Crippen LogP contribution is -2.36. The van der Waals surface area contributed by atoms with Crippen LogP contribution in [0.5, 0.6) is 11.5 Å². The molecule has 35 heavy (non-hydrogen) atoms. The highest BCUT2D eigenvalue weighted by Gasteiger charge is 2.21. The van der Waals surface area contributed by atoms with E-state index in [9.17, 15) is 9.59 Å². The maximum atomic E-state index is 13.2. The minimum Gasteiger partial charge on any atom is -0.493 e. The topological polar surface area (TPSA) is 65.1 Å². The van der Waals surface area contributed by atoms with Crippen LogP contribution in [0.3, 0.4) is 0 Å². The van der Waals surface area contributed by atoms with Crippen LogP contribution < -0.4 is 14.4 Å². The monoisotopic (exact) mass is 475 g/mol. The van der Waals surface area contributed by atoms with Gasteiger partial charge in [0, 0.05) is 29.9 Å². The highest BCUT2D eigenvalue weighted by atomic mass is 16.6. The summed E-state index contributed by atoms with van der Waals surface area (Å²) in [4.78, 5) is 27.5. The number of allylic oxidation sites excluding steroid dienone is 2. The summed E-state index contributed by atoms with van der Waals surface area (Å²) in [5.41, 5.74) is 4.66. The molecule has 1 heterocycles. The normalized spacial score (nSPS) is 18.9. The van der Waals surface area contributed by atoms with Crippen molar-refractivity contribution in [3.8, 4) is 11.5 Å². The van der Waals surface area contributed by atoms with Crippen molar-refractivity contribution in [3.05, 3.63) is 64.7 Å². The van der Waals surface area contributed by atoms with Gasteiger partial charge in [-0.2, -0.15) is 0 Å². The third kappa shape index (κ3) is 6.20. The molecular formula is C29H33NO5. The van der Waals surface area contributed by atoms with Gasteiger partial charge in [-0.3, -0.25) is 9.59 Å². The highest BCUT2D eigenvalue weighted by Crippen LogP contribution is 2.32. The third-order valence-electron chi connectivity index (χ3n) is 6.30. The van der Waals surface area contributed by atoms with E-state index in [-0.39, 0.29) is 17.7 Å². The first-order chi connectivity index (χ1) is 16.9. The van der Waals surface area contributed by atoms with Crippen molar-refractivity contribution in [3.63, 3.8) is 0 Å². The largest absolute Gasteiger partial charge is 0.493 e. The lowest BCUT2D eigenvalue weighted by Gasteiger charge is -2.28. The molecule has 2 aromatic rings.